The number of amides is 1. The Bertz CT molecular complexity index is 939. The summed E-state index contributed by atoms with van der Waals surface area (Å²) in [5, 5.41) is 13.5. The topological polar surface area (TPSA) is 108 Å². The number of phosphoric ester groups is 1. The van der Waals surface area contributed by atoms with Crippen LogP contribution in [0.25, 0.3) is 0 Å². The Labute approximate surface area is 281 Å². The minimum atomic E-state index is -4.58. The molecule has 0 rings (SSSR count). The summed E-state index contributed by atoms with van der Waals surface area (Å²) in [5.41, 5.74) is 0. The van der Waals surface area contributed by atoms with Crippen molar-refractivity contribution in [3.05, 3.63) is 60.8 Å². The lowest BCUT2D eigenvalue weighted by atomic mass is 10.1. The zero-order valence-corrected chi connectivity index (χ0v) is 30.6. The van der Waals surface area contributed by atoms with Gasteiger partial charge in [0.25, 0.3) is 7.82 Å². The van der Waals surface area contributed by atoms with Gasteiger partial charge in [0.05, 0.1) is 39.9 Å². The van der Waals surface area contributed by atoms with Gasteiger partial charge in [-0.25, -0.2) is 0 Å². The number of aliphatic hydroxyl groups excluding tert-OH is 1. The van der Waals surface area contributed by atoms with Gasteiger partial charge < -0.3 is 28.8 Å². The molecule has 0 aliphatic heterocycles. The van der Waals surface area contributed by atoms with Gasteiger partial charge in [0, 0.05) is 6.42 Å². The summed E-state index contributed by atoms with van der Waals surface area (Å²) in [6.45, 7) is 4.35. The van der Waals surface area contributed by atoms with E-state index in [0.717, 1.165) is 77.0 Å². The second-order valence-corrected chi connectivity index (χ2v) is 14.2. The Hall–Kier alpha value is -1.80. The van der Waals surface area contributed by atoms with Crippen molar-refractivity contribution in [2.45, 2.75) is 129 Å². The Morgan fingerprint density at radius 1 is 0.783 bits per heavy atom. The highest BCUT2D eigenvalue weighted by Gasteiger charge is 2.23. The molecule has 0 aromatic carbocycles. The molecule has 9 heteroatoms. The summed E-state index contributed by atoms with van der Waals surface area (Å²) >= 11 is 0. The smallest absolute Gasteiger partial charge is 0.268 e. The van der Waals surface area contributed by atoms with E-state index in [-0.39, 0.29) is 12.5 Å². The maximum absolute atomic E-state index is 12.7. The van der Waals surface area contributed by atoms with E-state index < -0.39 is 26.6 Å². The third-order valence-corrected chi connectivity index (χ3v) is 8.16. The largest absolute Gasteiger partial charge is 0.756 e. The molecule has 46 heavy (non-hydrogen) atoms. The van der Waals surface area contributed by atoms with Gasteiger partial charge >= 0.3 is 0 Å². The molecule has 3 unspecified atom stereocenters. The molecular weight excluding hydrogens is 599 g/mol. The van der Waals surface area contributed by atoms with E-state index in [1.54, 1.807) is 6.08 Å². The van der Waals surface area contributed by atoms with Crippen molar-refractivity contribution in [1.82, 2.24) is 5.32 Å². The van der Waals surface area contributed by atoms with Crippen molar-refractivity contribution in [1.29, 1.82) is 0 Å². The lowest BCUT2D eigenvalue weighted by Crippen LogP contribution is -2.45. The Morgan fingerprint density at radius 3 is 2.00 bits per heavy atom. The maximum atomic E-state index is 12.7. The number of hydrogen-bond donors (Lipinski definition) is 2. The van der Waals surface area contributed by atoms with Crippen LogP contribution >= 0.6 is 7.82 Å². The number of carbonyl (C=O) groups is 1. The van der Waals surface area contributed by atoms with Crippen LogP contribution in [0.15, 0.2) is 60.8 Å². The first-order chi connectivity index (χ1) is 22.0. The highest BCUT2D eigenvalue weighted by Crippen LogP contribution is 2.38. The fourth-order valence-corrected chi connectivity index (χ4v) is 5.09. The van der Waals surface area contributed by atoms with Crippen molar-refractivity contribution < 1.29 is 32.9 Å². The number of unbranched alkanes of at least 4 members (excludes halogenated alkanes) is 9. The van der Waals surface area contributed by atoms with Crippen LogP contribution < -0.4 is 10.2 Å². The SMILES string of the molecule is CC/C=C\C/C=C\C/C=C\CCCCCCCCCC(=O)NC(COP(=O)([O-])OCC[N+](C)(C)C)C(O)/C=C/CC/C=C/CCC. The monoisotopic (exact) mass is 666 g/mol. The average Bonchev–Trinajstić information content (AvgIpc) is 2.99. The van der Waals surface area contributed by atoms with Crippen LogP contribution in [0.3, 0.4) is 0 Å². The van der Waals surface area contributed by atoms with Crippen LogP contribution in [-0.2, 0) is 18.4 Å². The second-order valence-electron chi connectivity index (χ2n) is 12.8. The molecule has 3 atom stereocenters. The maximum Gasteiger partial charge on any atom is 0.268 e. The molecule has 0 heterocycles. The minimum absolute atomic E-state index is 0.0121. The van der Waals surface area contributed by atoms with Crippen LogP contribution in [0.1, 0.15) is 117 Å². The van der Waals surface area contributed by atoms with Gasteiger partial charge in [-0.1, -0.05) is 113 Å². The van der Waals surface area contributed by atoms with E-state index in [2.05, 4.69) is 67.8 Å². The third kappa shape index (κ3) is 30.8. The molecule has 1 amide bonds. The summed E-state index contributed by atoms with van der Waals surface area (Å²) < 4.78 is 22.9. The molecule has 0 fully saturated rings. The van der Waals surface area contributed by atoms with E-state index in [0.29, 0.717) is 17.4 Å². The summed E-state index contributed by atoms with van der Waals surface area (Å²) in [6, 6.07) is -0.906. The highest BCUT2D eigenvalue weighted by atomic mass is 31.2. The fourth-order valence-electron chi connectivity index (χ4n) is 4.36. The Morgan fingerprint density at radius 2 is 1.35 bits per heavy atom. The van der Waals surface area contributed by atoms with Gasteiger partial charge in [0.15, 0.2) is 0 Å². The molecule has 2 N–H and O–H groups in total. The molecule has 0 saturated heterocycles. The molecule has 0 bridgehead atoms. The lowest BCUT2D eigenvalue weighted by Gasteiger charge is -2.29. The molecular formula is C37H67N2O6P. The predicted molar refractivity (Wildman–Crippen MR) is 191 cm³/mol. The minimum Gasteiger partial charge on any atom is -0.756 e. The average molecular weight is 667 g/mol. The quantitative estimate of drug-likeness (QED) is 0.0347. The zero-order valence-electron chi connectivity index (χ0n) is 29.7. The van der Waals surface area contributed by atoms with Crippen LogP contribution in [-0.4, -0.2) is 68.5 Å². The highest BCUT2D eigenvalue weighted by molar-refractivity contribution is 7.45. The number of hydrogen-bond acceptors (Lipinski definition) is 6. The normalized spacial score (nSPS) is 15.5. The summed E-state index contributed by atoms with van der Waals surface area (Å²) in [4.78, 5) is 25.0. The van der Waals surface area contributed by atoms with Gasteiger partial charge in [0.1, 0.15) is 13.2 Å². The van der Waals surface area contributed by atoms with Gasteiger partial charge in [-0.15, -0.1) is 0 Å². The zero-order chi connectivity index (χ0) is 34.4. The molecule has 0 aliphatic carbocycles. The van der Waals surface area contributed by atoms with Crippen molar-refractivity contribution in [3.63, 3.8) is 0 Å². The fraction of sp³-hybridized carbons (Fsp3) is 0.703. The molecule has 0 aromatic heterocycles. The molecule has 0 saturated carbocycles. The number of allylic oxidation sites excluding steroid dienone is 9. The second kappa shape index (κ2) is 29.3. The van der Waals surface area contributed by atoms with Gasteiger partial charge in [-0.05, 0) is 57.8 Å². The molecule has 0 aliphatic rings. The lowest BCUT2D eigenvalue weighted by molar-refractivity contribution is -0.870. The van der Waals surface area contributed by atoms with E-state index in [4.69, 9.17) is 9.05 Å². The predicted octanol–water partition coefficient (Wildman–Crippen LogP) is 8.10. The molecule has 266 valence electrons. The van der Waals surface area contributed by atoms with Crippen molar-refractivity contribution in [2.24, 2.45) is 0 Å². The van der Waals surface area contributed by atoms with Gasteiger partial charge in [-0.2, -0.15) is 0 Å². The van der Waals surface area contributed by atoms with E-state index in [9.17, 15) is 19.4 Å². The van der Waals surface area contributed by atoms with Gasteiger partial charge in [0.2, 0.25) is 5.91 Å². The number of quaternary nitrogens is 1. The van der Waals surface area contributed by atoms with Crippen molar-refractivity contribution in [2.75, 3.05) is 40.9 Å². The molecule has 0 aromatic rings. The molecule has 0 spiro atoms. The van der Waals surface area contributed by atoms with Crippen LogP contribution in [0, 0.1) is 0 Å². The number of nitrogens with zero attached hydrogens (tertiary/aromatic N) is 1. The van der Waals surface area contributed by atoms with Crippen LogP contribution in [0.2, 0.25) is 0 Å². The van der Waals surface area contributed by atoms with Crippen molar-refractivity contribution >= 4 is 13.7 Å². The standard InChI is InChI=1S/C37H67N2O6P/c1-6-8-10-12-14-15-16-17-18-19-20-21-22-23-25-27-29-31-37(41)38-35(36(40)30-28-26-24-13-11-9-7-2)34-45-46(42,43)44-33-32-39(3,4)5/h8,10-11,13-15,17-18,28,30,35-36,40H,6-7,9,12,16,19-27,29,31-34H2,1-5H3,(H-,38,41,42,43)/b10-8-,13-11+,15-14-,18-17-,30-28+. The first kappa shape index (κ1) is 44.2. The number of carbonyl (C=O) groups excluding carboxylic acids is 1. The van der Waals surface area contributed by atoms with Crippen LogP contribution in [0.4, 0.5) is 0 Å². The number of likely N-dealkylation sites (N-methyl/N-ethyl adjacent to an activating group) is 1. The number of aliphatic hydroxyl groups is 1. The third-order valence-electron chi connectivity index (χ3n) is 7.19. The van der Waals surface area contributed by atoms with E-state index in [1.807, 2.05) is 27.2 Å². The van der Waals surface area contributed by atoms with E-state index in [1.165, 1.54) is 19.3 Å². The number of phosphoric acid groups is 1. The Balaban J connectivity index is 4.46. The number of nitrogens with one attached hydrogen (secondary N) is 1. The first-order valence-corrected chi connectivity index (χ1v) is 19.1. The molecule has 0 radical (unpaired) electrons. The summed E-state index contributed by atoms with van der Waals surface area (Å²) in [6.07, 6.45) is 35.7. The molecule has 8 nitrogen and oxygen atoms in total. The summed E-state index contributed by atoms with van der Waals surface area (Å²) in [5.74, 6) is -0.228. The van der Waals surface area contributed by atoms with Gasteiger partial charge in [-0.3, -0.25) is 9.36 Å². The first-order valence-electron chi connectivity index (χ1n) is 17.7. The van der Waals surface area contributed by atoms with Crippen molar-refractivity contribution in [3.8, 4) is 0 Å². The van der Waals surface area contributed by atoms with E-state index >= 15 is 0 Å². The Kier molecular flexibility index (Phi) is 28.2. The summed E-state index contributed by atoms with van der Waals surface area (Å²) in [7, 11) is 1.22. The van der Waals surface area contributed by atoms with Crippen LogP contribution in [0.5, 0.6) is 0 Å². The number of rotatable bonds is 30.